The average molecular weight is 356 g/mol. The van der Waals surface area contributed by atoms with Gasteiger partial charge in [0.1, 0.15) is 11.2 Å². The highest BCUT2D eigenvalue weighted by Gasteiger charge is 2.22. The Hall–Kier alpha value is -1.96. The van der Waals surface area contributed by atoms with Crippen molar-refractivity contribution < 1.29 is 8.78 Å². The van der Waals surface area contributed by atoms with Gasteiger partial charge in [-0.3, -0.25) is 4.57 Å². The molecule has 0 spiro atoms. The molecule has 1 aromatic carbocycles. The highest BCUT2D eigenvalue weighted by Crippen LogP contribution is 2.30. The molecule has 0 aliphatic rings. The molecule has 0 saturated heterocycles. The Labute approximate surface area is 127 Å². The molecule has 8 heteroatoms. The summed E-state index contributed by atoms with van der Waals surface area (Å²) in [5, 5.41) is 4.30. The van der Waals surface area contributed by atoms with Gasteiger partial charge in [-0.2, -0.15) is 5.10 Å². The Kier molecular flexibility index (Phi) is 3.20. The Bertz CT molecular complexity index is 829. The van der Waals surface area contributed by atoms with Crippen LogP contribution in [-0.4, -0.2) is 19.3 Å². The van der Waals surface area contributed by atoms with E-state index in [-0.39, 0.29) is 11.6 Å². The number of nitrogens with two attached hydrogens (primary N) is 1. The lowest BCUT2D eigenvalue weighted by Crippen LogP contribution is -2.08. The number of benzene rings is 1. The van der Waals surface area contributed by atoms with Crippen molar-refractivity contribution in [2.75, 3.05) is 5.73 Å². The van der Waals surface area contributed by atoms with Crippen molar-refractivity contribution in [3.63, 3.8) is 0 Å². The molecule has 0 radical (unpaired) electrons. The predicted molar refractivity (Wildman–Crippen MR) is 79.2 cm³/mol. The maximum Gasteiger partial charge on any atom is 0.207 e. The standard InChI is InChI=1S/C13H12BrF2N5/c1-3-9-10-12(20(2)19-9)21(13(17)18-10)11-7(15)4-6(14)5-8(11)16/h4-5H,3H2,1-2H3,(H2,17,18). The Morgan fingerprint density at radius 3 is 2.48 bits per heavy atom. The zero-order valence-corrected chi connectivity index (χ0v) is 12.9. The number of hydrogen-bond acceptors (Lipinski definition) is 3. The minimum absolute atomic E-state index is 0.0211. The summed E-state index contributed by atoms with van der Waals surface area (Å²) in [7, 11) is 1.69. The molecule has 0 aliphatic carbocycles. The van der Waals surface area contributed by atoms with Gasteiger partial charge in [-0.1, -0.05) is 22.9 Å². The van der Waals surface area contributed by atoms with E-state index >= 15 is 0 Å². The lowest BCUT2D eigenvalue weighted by Gasteiger charge is -2.10. The van der Waals surface area contributed by atoms with Crippen LogP contribution in [0.4, 0.5) is 14.7 Å². The summed E-state index contributed by atoms with van der Waals surface area (Å²) in [6.45, 7) is 1.93. The predicted octanol–water partition coefficient (Wildman–Crippen LogP) is 2.94. The van der Waals surface area contributed by atoms with Crippen molar-refractivity contribution in [3.8, 4) is 5.69 Å². The van der Waals surface area contributed by atoms with Crippen molar-refractivity contribution in [3.05, 3.63) is 33.9 Å². The Morgan fingerprint density at radius 1 is 1.29 bits per heavy atom. The van der Waals surface area contributed by atoms with E-state index in [9.17, 15) is 8.78 Å². The molecule has 0 unspecified atom stereocenters. The van der Waals surface area contributed by atoms with Gasteiger partial charge in [0.25, 0.3) is 0 Å². The number of anilines is 1. The maximum absolute atomic E-state index is 14.2. The minimum Gasteiger partial charge on any atom is -0.369 e. The van der Waals surface area contributed by atoms with Gasteiger partial charge < -0.3 is 5.73 Å². The minimum atomic E-state index is -0.730. The number of nitrogens with zero attached hydrogens (tertiary/aromatic N) is 4. The molecule has 0 bridgehead atoms. The van der Waals surface area contributed by atoms with E-state index in [1.807, 2.05) is 6.92 Å². The number of nitrogen functional groups attached to an aromatic ring is 1. The fraction of sp³-hybridized carbons (Fsp3) is 0.231. The highest BCUT2D eigenvalue weighted by atomic mass is 79.9. The molecule has 3 aromatic rings. The van der Waals surface area contributed by atoms with Crippen LogP contribution in [0.2, 0.25) is 0 Å². The normalized spacial score (nSPS) is 11.5. The molecule has 0 fully saturated rings. The first-order valence-electron chi connectivity index (χ1n) is 6.28. The van der Waals surface area contributed by atoms with Crippen LogP contribution < -0.4 is 5.73 Å². The average Bonchev–Trinajstić information content (AvgIpc) is 2.87. The van der Waals surface area contributed by atoms with Crippen LogP contribution in [0.25, 0.3) is 16.9 Å². The largest absolute Gasteiger partial charge is 0.369 e. The Balaban J connectivity index is 2.41. The quantitative estimate of drug-likeness (QED) is 0.768. The van der Waals surface area contributed by atoms with Gasteiger partial charge in [0, 0.05) is 11.5 Å². The maximum atomic E-state index is 14.2. The highest BCUT2D eigenvalue weighted by molar-refractivity contribution is 9.10. The van der Waals surface area contributed by atoms with E-state index < -0.39 is 11.6 Å². The third-order valence-electron chi connectivity index (χ3n) is 3.27. The van der Waals surface area contributed by atoms with Crippen LogP contribution >= 0.6 is 15.9 Å². The monoisotopic (exact) mass is 355 g/mol. The lowest BCUT2D eigenvalue weighted by atomic mass is 10.3. The molecule has 2 aromatic heterocycles. The van der Waals surface area contributed by atoms with Crippen molar-refractivity contribution in [1.82, 2.24) is 19.3 Å². The third kappa shape index (κ3) is 2.01. The van der Waals surface area contributed by atoms with Crippen LogP contribution in [0.5, 0.6) is 0 Å². The second-order valence-corrected chi connectivity index (χ2v) is 5.54. The fourth-order valence-corrected chi connectivity index (χ4v) is 2.81. The van der Waals surface area contributed by atoms with Crippen molar-refractivity contribution in [2.24, 2.45) is 7.05 Å². The second kappa shape index (κ2) is 4.80. The molecule has 5 nitrogen and oxygen atoms in total. The van der Waals surface area contributed by atoms with Gasteiger partial charge in [-0.25, -0.2) is 18.4 Å². The number of hydrogen-bond donors (Lipinski definition) is 1. The summed E-state index contributed by atoms with van der Waals surface area (Å²) >= 11 is 3.05. The smallest absolute Gasteiger partial charge is 0.207 e. The van der Waals surface area contributed by atoms with Crippen LogP contribution in [-0.2, 0) is 13.5 Å². The summed E-state index contributed by atoms with van der Waals surface area (Å²) in [6.07, 6.45) is 0.652. The Morgan fingerprint density at radius 2 is 1.90 bits per heavy atom. The topological polar surface area (TPSA) is 61.7 Å². The SMILES string of the molecule is CCc1nn(C)c2c1nc(N)n2-c1c(F)cc(Br)cc1F. The zero-order valence-electron chi connectivity index (χ0n) is 11.4. The summed E-state index contributed by atoms with van der Waals surface area (Å²) in [4.78, 5) is 4.20. The number of aryl methyl sites for hydroxylation is 2. The van der Waals surface area contributed by atoms with E-state index in [2.05, 4.69) is 26.0 Å². The molecular formula is C13H12BrF2N5. The van der Waals surface area contributed by atoms with E-state index in [1.165, 1.54) is 21.4 Å². The second-order valence-electron chi connectivity index (χ2n) is 4.62. The molecule has 110 valence electrons. The summed E-state index contributed by atoms with van der Waals surface area (Å²) < 4.78 is 31.5. The number of fused-ring (bicyclic) bond motifs is 1. The summed E-state index contributed by atoms with van der Waals surface area (Å²) in [6, 6.07) is 2.36. The molecule has 0 amide bonds. The van der Waals surface area contributed by atoms with Gasteiger partial charge in [0.15, 0.2) is 17.3 Å². The molecule has 2 heterocycles. The van der Waals surface area contributed by atoms with Crippen molar-refractivity contribution >= 4 is 33.0 Å². The first kappa shape index (κ1) is 14.0. The molecular weight excluding hydrogens is 344 g/mol. The molecule has 0 saturated carbocycles. The van der Waals surface area contributed by atoms with E-state index in [0.29, 0.717) is 22.1 Å². The van der Waals surface area contributed by atoms with Crippen molar-refractivity contribution in [2.45, 2.75) is 13.3 Å². The van der Waals surface area contributed by atoms with Gasteiger partial charge in [-0.05, 0) is 18.6 Å². The van der Waals surface area contributed by atoms with Crippen LogP contribution in [0.15, 0.2) is 16.6 Å². The molecule has 0 atom stereocenters. The van der Waals surface area contributed by atoms with E-state index in [0.717, 1.165) is 5.69 Å². The lowest BCUT2D eigenvalue weighted by molar-refractivity contribution is 0.568. The fourth-order valence-electron chi connectivity index (χ4n) is 2.40. The van der Waals surface area contributed by atoms with Gasteiger partial charge in [0.05, 0.1) is 5.69 Å². The number of aromatic nitrogens is 4. The molecule has 2 N–H and O–H groups in total. The van der Waals surface area contributed by atoms with Gasteiger partial charge in [-0.15, -0.1) is 0 Å². The van der Waals surface area contributed by atoms with Crippen LogP contribution in [0.3, 0.4) is 0 Å². The first-order chi connectivity index (χ1) is 9.93. The van der Waals surface area contributed by atoms with Gasteiger partial charge in [0.2, 0.25) is 5.95 Å². The van der Waals surface area contributed by atoms with Crippen LogP contribution in [0, 0.1) is 11.6 Å². The number of halogens is 3. The van der Waals surface area contributed by atoms with Crippen molar-refractivity contribution in [1.29, 1.82) is 0 Å². The zero-order chi connectivity index (χ0) is 15.3. The molecule has 21 heavy (non-hydrogen) atoms. The first-order valence-corrected chi connectivity index (χ1v) is 7.08. The number of imidazole rings is 1. The summed E-state index contributed by atoms with van der Waals surface area (Å²) in [5.74, 6) is -1.44. The van der Waals surface area contributed by atoms with Crippen LogP contribution in [0.1, 0.15) is 12.6 Å². The summed E-state index contributed by atoms with van der Waals surface area (Å²) in [5.41, 5.74) is 7.35. The van der Waals surface area contributed by atoms with Gasteiger partial charge >= 0.3 is 0 Å². The third-order valence-corrected chi connectivity index (χ3v) is 3.73. The molecule has 0 aliphatic heterocycles. The van der Waals surface area contributed by atoms with E-state index in [4.69, 9.17) is 5.73 Å². The number of rotatable bonds is 2. The van der Waals surface area contributed by atoms with E-state index in [1.54, 1.807) is 7.05 Å². The molecule has 3 rings (SSSR count).